The van der Waals surface area contributed by atoms with Crippen molar-refractivity contribution in [2.45, 2.75) is 0 Å². The molecule has 7 heteroatoms. The molecule has 2 rings (SSSR count). The van der Waals surface area contributed by atoms with Crippen LogP contribution in [-0.4, -0.2) is 25.7 Å². The molecule has 72 valence electrons. The highest BCUT2D eigenvalue weighted by Crippen LogP contribution is 2.03. The number of aryl methyl sites for hydroxylation is 1. The predicted molar refractivity (Wildman–Crippen MR) is 47.6 cm³/mol. The third kappa shape index (κ3) is 1.06. The maximum atomic E-state index is 11.4. The van der Waals surface area contributed by atoms with Crippen LogP contribution >= 0.6 is 0 Å². The fraction of sp³-hybridized carbons (Fsp3) is 0.143. The molecule has 0 unspecified atom stereocenters. The van der Waals surface area contributed by atoms with Gasteiger partial charge in [-0.25, -0.2) is 4.98 Å². The molecule has 2 aromatic heterocycles. The van der Waals surface area contributed by atoms with Crippen molar-refractivity contribution in [2.24, 2.45) is 12.8 Å². The Labute approximate surface area is 77.6 Å². The Balaban J connectivity index is 2.89. The first-order valence-electron chi connectivity index (χ1n) is 3.81. The maximum absolute atomic E-state index is 11.4. The molecule has 0 fully saturated rings. The smallest absolute Gasteiger partial charge is 0.284 e. The van der Waals surface area contributed by atoms with E-state index in [1.165, 1.54) is 10.9 Å². The van der Waals surface area contributed by atoms with E-state index in [0.29, 0.717) is 11.0 Å². The summed E-state index contributed by atoms with van der Waals surface area (Å²) in [6, 6.07) is 0. The van der Waals surface area contributed by atoms with Gasteiger partial charge in [-0.15, -0.1) is 0 Å². The molecule has 0 aromatic carbocycles. The number of amides is 1. The standard InChI is InChI=1S/C7H7N5O2/c1-12-6-3(2-9-12)7(14)11-5(10-6)4(8)13/h2H,1H3,(H2,8,13)(H,10,11,14). The molecule has 0 radical (unpaired) electrons. The molecule has 0 spiro atoms. The van der Waals surface area contributed by atoms with E-state index in [2.05, 4.69) is 15.1 Å². The number of hydrogen-bond donors (Lipinski definition) is 2. The number of rotatable bonds is 1. The predicted octanol–water partition coefficient (Wildman–Crippen LogP) is -1.24. The van der Waals surface area contributed by atoms with E-state index in [1.54, 1.807) is 7.05 Å². The van der Waals surface area contributed by atoms with Crippen molar-refractivity contribution in [3.8, 4) is 0 Å². The molecule has 3 N–H and O–H groups in total. The Morgan fingerprint density at radius 1 is 1.64 bits per heavy atom. The van der Waals surface area contributed by atoms with Crippen molar-refractivity contribution in [3.63, 3.8) is 0 Å². The summed E-state index contributed by atoms with van der Waals surface area (Å²) in [7, 11) is 1.62. The molecular formula is C7H7N5O2. The van der Waals surface area contributed by atoms with Gasteiger partial charge in [0.05, 0.1) is 6.20 Å². The lowest BCUT2D eigenvalue weighted by atomic mass is 10.4. The minimum absolute atomic E-state index is 0.161. The first kappa shape index (κ1) is 8.42. The molecule has 0 atom stereocenters. The van der Waals surface area contributed by atoms with Gasteiger partial charge in [0.2, 0.25) is 5.82 Å². The number of carbonyl (C=O) groups is 1. The first-order chi connectivity index (χ1) is 6.59. The normalized spacial score (nSPS) is 10.6. The van der Waals surface area contributed by atoms with E-state index in [0.717, 1.165) is 0 Å². The second-order valence-electron chi connectivity index (χ2n) is 2.78. The first-order valence-corrected chi connectivity index (χ1v) is 3.81. The molecule has 2 aromatic rings. The summed E-state index contributed by atoms with van der Waals surface area (Å²) in [5.74, 6) is -0.934. The average molecular weight is 193 g/mol. The topological polar surface area (TPSA) is 107 Å². The highest BCUT2D eigenvalue weighted by atomic mass is 16.2. The third-order valence-electron chi connectivity index (χ3n) is 1.84. The van der Waals surface area contributed by atoms with E-state index in [9.17, 15) is 9.59 Å². The number of aromatic amines is 1. The number of nitrogens with two attached hydrogens (primary N) is 1. The van der Waals surface area contributed by atoms with Crippen molar-refractivity contribution >= 4 is 16.9 Å². The Hall–Kier alpha value is -2.18. The number of H-pyrrole nitrogens is 1. The van der Waals surface area contributed by atoms with Crippen LogP contribution in [0.15, 0.2) is 11.0 Å². The van der Waals surface area contributed by atoms with E-state index < -0.39 is 11.5 Å². The molecule has 2 heterocycles. The van der Waals surface area contributed by atoms with Crippen LogP contribution in [0.4, 0.5) is 0 Å². The lowest BCUT2D eigenvalue weighted by molar-refractivity contribution is 0.0990. The average Bonchev–Trinajstić information content (AvgIpc) is 2.48. The molecule has 7 nitrogen and oxygen atoms in total. The third-order valence-corrected chi connectivity index (χ3v) is 1.84. The van der Waals surface area contributed by atoms with Gasteiger partial charge in [-0.1, -0.05) is 0 Å². The largest absolute Gasteiger partial charge is 0.363 e. The summed E-state index contributed by atoms with van der Waals surface area (Å²) in [5, 5.41) is 4.17. The summed E-state index contributed by atoms with van der Waals surface area (Å²) >= 11 is 0. The Morgan fingerprint density at radius 2 is 2.36 bits per heavy atom. The quantitative estimate of drug-likeness (QED) is 0.590. The van der Waals surface area contributed by atoms with Crippen LogP contribution in [0.1, 0.15) is 10.6 Å². The highest BCUT2D eigenvalue weighted by molar-refractivity contribution is 5.90. The Morgan fingerprint density at radius 3 is 3.00 bits per heavy atom. The summed E-state index contributed by atoms with van der Waals surface area (Å²) < 4.78 is 1.40. The van der Waals surface area contributed by atoms with Crippen LogP contribution in [-0.2, 0) is 7.05 Å². The minimum atomic E-state index is -0.773. The monoisotopic (exact) mass is 193 g/mol. The van der Waals surface area contributed by atoms with Gasteiger partial charge >= 0.3 is 0 Å². The van der Waals surface area contributed by atoms with E-state index in [1.807, 2.05) is 0 Å². The number of primary amides is 1. The molecule has 1 amide bonds. The van der Waals surface area contributed by atoms with Crippen molar-refractivity contribution in [2.75, 3.05) is 0 Å². The zero-order valence-electron chi connectivity index (χ0n) is 7.31. The number of fused-ring (bicyclic) bond motifs is 1. The molecule has 0 saturated heterocycles. The van der Waals surface area contributed by atoms with Gasteiger partial charge in [-0.3, -0.25) is 14.3 Å². The number of aromatic nitrogens is 4. The minimum Gasteiger partial charge on any atom is -0.363 e. The number of carbonyl (C=O) groups excluding carboxylic acids is 1. The van der Waals surface area contributed by atoms with Gasteiger partial charge in [0.15, 0.2) is 5.65 Å². The summed E-state index contributed by atoms with van der Waals surface area (Å²) in [4.78, 5) is 28.3. The van der Waals surface area contributed by atoms with Gasteiger partial charge in [-0.2, -0.15) is 5.10 Å². The molecular weight excluding hydrogens is 186 g/mol. The number of nitrogens with one attached hydrogen (secondary N) is 1. The van der Waals surface area contributed by atoms with E-state index in [-0.39, 0.29) is 5.82 Å². The van der Waals surface area contributed by atoms with E-state index >= 15 is 0 Å². The molecule has 0 saturated carbocycles. The highest BCUT2D eigenvalue weighted by Gasteiger charge is 2.10. The number of hydrogen-bond acceptors (Lipinski definition) is 4. The lowest BCUT2D eigenvalue weighted by Gasteiger charge is -1.95. The zero-order chi connectivity index (χ0) is 10.3. The lowest BCUT2D eigenvalue weighted by Crippen LogP contribution is -2.21. The Kier molecular flexibility index (Phi) is 1.60. The van der Waals surface area contributed by atoms with Crippen LogP contribution in [0.3, 0.4) is 0 Å². The molecule has 14 heavy (non-hydrogen) atoms. The van der Waals surface area contributed by atoms with Crippen molar-refractivity contribution in [1.29, 1.82) is 0 Å². The summed E-state index contributed by atoms with van der Waals surface area (Å²) in [6.07, 6.45) is 1.38. The molecule has 0 aliphatic rings. The SMILES string of the molecule is Cn1ncc2c(=O)[nH]c(C(N)=O)nc21. The Bertz CT molecular complexity index is 567. The van der Waals surface area contributed by atoms with E-state index in [4.69, 9.17) is 5.73 Å². The van der Waals surface area contributed by atoms with Gasteiger partial charge < -0.3 is 10.7 Å². The number of nitrogens with zero attached hydrogens (tertiary/aromatic N) is 3. The van der Waals surface area contributed by atoms with Crippen molar-refractivity contribution < 1.29 is 4.79 Å². The van der Waals surface area contributed by atoms with Crippen LogP contribution in [0.2, 0.25) is 0 Å². The second kappa shape index (κ2) is 2.66. The molecule has 0 aliphatic carbocycles. The summed E-state index contributed by atoms with van der Waals surface area (Å²) in [6.45, 7) is 0. The van der Waals surface area contributed by atoms with Gasteiger partial charge in [0.25, 0.3) is 11.5 Å². The van der Waals surface area contributed by atoms with Gasteiger partial charge in [-0.05, 0) is 0 Å². The van der Waals surface area contributed by atoms with Crippen molar-refractivity contribution in [3.05, 3.63) is 22.4 Å². The van der Waals surface area contributed by atoms with Gasteiger partial charge in [0, 0.05) is 7.05 Å². The van der Waals surface area contributed by atoms with Gasteiger partial charge in [0.1, 0.15) is 5.39 Å². The summed E-state index contributed by atoms with van der Waals surface area (Å²) in [5.41, 5.74) is 4.91. The van der Waals surface area contributed by atoms with Crippen LogP contribution in [0, 0.1) is 0 Å². The second-order valence-corrected chi connectivity index (χ2v) is 2.78. The zero-order valence-corrected chi connectivity index (χ0v) is 7.31. The van der Waals surface area contributed by atoms with Crippen molar-refractivity contribution in [1.82, 2.24) is 19.7 Å². The molecule has 0 bridgehead atoms. The van der Waals surface area contributed by atoms with Crippen LogP contribution in [0.25, 0.3) is 11.0 Å². The molecule has 0 aliphatic heterocycles. The fourth-order valence-corrected chi connectivity index (χ4v) is 1.15. The fourth-order valence-electron chi connectivity index (χ4n) is 1.15. The maximum Gasteiger partial charge on any atom is 0.284 e. The van der Waals surface area contributed by atoms with Crippen LogP contribution in [0.5, 0.6) is 0 Å². The van der Waals surface area contributed by atoms with Crippen LogP contribution < -0.4 is 11.3 Å².